The Morgan fingerprint density at radius 3 is 1.21 bits per heavy atom. The Kier molecular flexibility index (Phi) is 18.9. The smallest absolute Gasteiger partial charge is 0.339 e. The van der Waals surface area contributed by atoms with Gasteiger partial charge in [0.05, 0.1) is 37.6 Å². The molecule has 0 bridgehead atoms. The van der Waals surface area contributed by atoms with Gasteiger partial charge in [-0.15, -0.1) is 0 Å². The van der Waals surface area contributed by atoms with E-state index in [2.05, 4.69) is 0 Å². The Bertz CT molecular complexity index is 668. The summed E-state index contributed by atoms with van der Waals surface area (Å²) in [7, 11) is 0. The summed E-state index contributed by atoms with van der Waals surface area (Å²) in [6, 6.07) is 6.53. The van der Waals surface area contributed by atoms with Gasteiger partial charge < -0.3 is 18.9 Å². The zero-order valence-corrected chi connectivity index (χ0v) is 21.1. The van der Waals surface area contributed by atoms with Crippen LogP contribution in [0.4, 0.5) is 0 Å². The summed E-state index contributed by atoms with van der Waals surface area (Å²) in [5.41, 5.74) is 0.513. The first-order chi connectivity index (χ1) is 16.4. The number of carbonyl (C=O) groups excluding carboxylic acids is 4. The molecule has 1 rings (SSSR count). The maximum absolute atomic E-state index is 11.8. The van der Waals surface area contributed by atoms with Crippen molar-refractivity contribution in [3.05, 3.63) is 35.4 Å². The van der Waals surface area contributed by atoms with E-state index in [1.165, 1.54) is 0 Å². The van der Waals surface area contributed by atoms with Crippen LogP contribution in [0.2, 0.25) is 0 Å². The highest BCUT2D eigenvalue weighted by Crippen LogP contribution is 2.12. The summed E-state index contributed by atoms with van der Waals surface area (Å²) in [6.45, 7) is 9.39. The highest BCUT2D eigenvalue weighted by Gasteiger charge is 2.18. The topological polar surface area (TPSA) is 105 Å². The molecule has 0 unspecified atom stereocenters. The SMILES string of the molecule is CCCOC(=O)CCCCC(=O)OCCC.CCCOC(=O)c1ccccc1C(=O)OCCC. The van der Waals surface area contributed by atoms with Gasteiger partial charge in [-0.2, -0.15) is 0 Å². The minimum absolute atomic E-state index is 0.177. The second-order valence-corrected chi connectivity index (χ2v) is 7.47. The average molecular weight is 481 g/mol. The molecular formula is C26H40O8. The van der Waals surface area contributed by atoms with Gasteiger partial charge in [-0.05, 0) is 50.7 Å². The molecule has 0 heterocycles. The van der Waals surface area contributed by atoms with E-state index in [4.69, 9.17) is 18.9 Å². The van der Waals surface area contributed by atoms with Crippen LogP contribution < -0.4 is 0 Å². The fourth-order valence-electron chi connectivity index (χ4n) is 2.50. The molecule has 8 heteroatoms. The normalized spacial score (nSPS) is 9.88. The van der Waals surface area contributed by atoms with Gasteiger partial charge in [0.2, 0.25) is 0 Å². The summed E-state index contributed by atoms with van der Waals surface area (Å²) in [6.07, 6.45) is 5.32. The molecule has 0 aliphatic rings. The van der Waals surface area contributed by atoms with Crippen molar-refractivity contribution in [1.29, 1.82) is 0 Å². The van der Waals surface area contributed by atoms with Crippen molar-refractivity contribution in [2.24, 2.45) is 0 Å². The fourth-order valence-corrected chi connectivity index (χ4v) is 2.50. The van der Waals surface area contributed by atoms with Crippen LogP contribution in [-0.2, 0) is 28.5 Å². The van der Waals surface area contributed by atoms with Crippen molar-refractivity contribution in [3.63, 3.8) is 0 Å². The zero-order chi connectivity index (χ0) is 25.6. The van der Waals surface area contributed by atoms with E-state index in [1.54, 1.807) is 24.3 Å². The fraction of sp³-hybridized carbons (Fsp3) is 0.615. The van der Waals surface area contributed by atoms with Crippen molar-refractivity contribution in [1.82, 2.24) is 0 Å². The minimum Gasteiger partial charge on any atom is -0.466 e. The van der Waals surface area contributed by atoms with Crippen LogP contribution in [0, 0.1) is 0 Å². The quantitative estimate of drug-likeness (QED) is 0.190. The zero-order valence-electron chi connectivity index (χ0n) is 21.1. The molecule has 0 amide bonds. The molecule has 1 aromatic rings. The number of hydrogen-bond acceptors (Lipinski definition) is 8. The standard InChI is InChI=1S/C14H18O4.C12H22O4/c1-3-9-17-13(15)11-7-5-6-8-12(11)14(16)18-10-4-2;1-3-9-15-11(13)7-5-6-8-12(14)16-10-4-2/h5-8H,3-4,9-10H2,1-2H3;3-10H2,1-2H3. The molecule has 0 fully saturated rings. The number of hydrogen-bond donors (Lipinski definition) is 0. The van der Waals surface area contributed by atoms with E-state index in [-0.39, 0.29) is 23.1 Å². The largest absolute Gasteiger partial charge is 0.466 e. The second kappa shape index (κ2) is 20.7. The summed E-state index contributed by atoms with van der Waals surface area (Å²) >= 11 is 0. The van der Waals surface area contributed by atoms with Crippen molar-refractivity contribution < 1.29 is 38.1 Å². The molecule has 0 saturated carbocycles. The number of esters is 4. The molecule has 0 aliphatic carbocycles. The lowest BCUT2D eigenvalue weighted by Crippen LogP contribution is -2.14. The first-order valence-electron chi connectivity index (χ1n) is 12.2. The predicted molar refractivity (Wildman–Crippen MR) is 129 cm³/mol. The molecule has 192 valence electrons. The van der Waals surface area contributed by atoms with Crippen molar-refractivity contribution in [2.75, 3.05) is 26.4 Å². The van der Waals surface area contributed by atoms with Crippen LogP contribution in [0.15, 0.2) is 24.3 Å². The Morgan fingerprint density at radius 1 is 0.559 bits per heavy atom. The van der Waals surface area contributed by atoms with Gasteiger partial charge in [-0.3, -0.25) is 9.59 Å². The second-order valence-electron chi connectivity index (χ2n) is 7.47. The van der Waals surface area contributed by atoms with Crippen LogP contribution >= 0.6 is 0 Å². The van der Waals surface area contributed by atoms with Crippen molar-refractivity contribution in [2.45, 2.75) is 79.1 Å². The number of benzene rings is 1. The first-order valence-corrected chi connectivity index (χ1v) is 12.2. The summed E-state index contributed by atoms with van der Waals surface area (Å²) in [4.78, 5) is 45.7. The molecule has 0 saturated heterocycles. The number of carbonyl (C=O) groups is 4. The Balaban J connectivity index is 0.000000646. The van der Waals surface area contributed by atoms with Gasteiger partial charge in [0, 0.05) is 12.8 Å². The number of ether oxygens (including phenoxy) is 4. The third-order valence-electron chi connectivity index (χ3n) is 4.19. The highest BCUT2D eigenvalue weighted by atomic mass is 16.5. The molecular weight excluding hydrogens is 440 g/mol. The molecule has 0 atom stereocenters. The summed E-state index contributed by atoms with van der Waals surface area (Å²) in [5.74, 6) is -1.32. The van der Waals surface area contributed by atoms with Crippen molar-refractivity contribution in [3.8, 4) is 0 Å². The Hall–Kier alpha value is -2.90. The molecule has 0 aromatic heterocycles. The average Bonchev–Trinajstić information content (AvgIpc) is 2.86. The molecule has 1 aromatic carbocycles. The molecule has 0 spiro atoms. The first kappa shape index (κ1) is 31.1. The number of rotatable bonds is 15. The highest BCUT2D eigenvalue weighted by molar-refractivity contribution is 6.03. The minimum atomic E-state index is -0.485. The van der Waals surface area contributed by atoms with Gasteiger partial charge in [0.1, 0.15) is 0 Å². The number of unbranched alkanes of at least 4 members (excludes halogenated alkanes) is 1. The van der Waals surface area contributed by atoms with Gasteiger partial charge in [-0.1, -0.05) is 39.8 Å². The molecule has 8 nitrogen and oxygen atoms in total. The summed E-state index contributed by atoms with van der Waals surface area (Å²) < 4.78 is 19.9. The van der Waals surface area contributed by atoms with E-state index in [0.29, 0.717) is 52.1 Å². The van der Waals surface area contributed by atoms with Crippen LogP contribution in [0.5, 0.6) is 0 Å². The van der Waals surface area contributed by atoms with Gasteiger partial charge in [-0.25, -0.2) is 9.59 Å². The Labute approximate surface area is 203 Å². The van der Waals surface area contributed by atoms with Gasteiger partial charge >= 0.3 is 23.9 Å². The van der Waals surface area contributed by atoms with Crippen LogP contribution in [0.25, 0.3) is 0 Å². The van der Waals surface area contributed by atoms with E-state index in [1.807, 2.05) is 27.7 Å². The van der Waals surface area contributed by atoms with Gasteiger partial charge in [0.25, 0.3) is 0 Å². The third kappa shape index (κ3) is 15.0. The molecule has 0 radical (unpaired) electrons. The lowest BCUT2D eigenvalue weighted by atomic mass is 10.1. The van der Waals surface area contributed by atoms with Crippen LogP contribution in [0.3, 0.4) is 0 Å². The Morgan fingerprint density at radius 2 is 0.882 bits per heavy atom. The molecule has 34 heavy (non-hydrogen) atoms. The lowest BCUT2D eigenvalue weighted by molar-refractivity contribution is -0.145. The maximum atomic E-state index is 11.8. The van der Waals surface area contributed by atoms with Crippen molar-refractivity contribution >= 4 is 23.9 Å². The third-order valence-corrected chi connectivity index (χ3v) is 4.19. The molecule has 0 N–H and O–H groups in total. The van der Waals surface area contributed by atoms with Crippen LogP contribution in [-0.4, -0.2) is 50.3 Å². The summed E-state index contributed by atoms with van der Waals surface area (Å²) in [5, 5.41) is 0. The maximum Gasteiger partial charge on any atom is 0.339 e. The predicted octanol–water partition coefficient (Wildman–Crippen LogP) is 5.27. The lowest BCUT2D eigenvalue weighted by Gasteiger charge is -2.08. The molecule has 0 aliphatic heterocycles. The van der Waals surface area contributed by atoms with Crippen LogP contribution in [0.1, 0.15) is 99.8 Å². The van der Waals surface area contributed by atoms with E-state index in [9.17, 15) is 19.2 Å². The monoisotopic (exact) mass is 480 g/mol. The van der Waals surface area contributed by atoms with Gasteiger partial charge in [0.15, 0.2) is 0 Å². The van der Waals surface area contributed by atoms with E-state index in [0.717, 1.165) is 25.7 Å². The van der Waals surface area contributed by atoms with E-state index >= 15 is 0 Å². The van der Waals surface area contributed by atoms with E-state index < -0.39 is 11.9 Å².